The van der Waals surface area contributed by atoms with Crippen LogP contribution in [0.2, 0.25) is 0 Å². The standard InChI is InChI=1S/C30H28F3N7O/c1-19-17-39(2)10-11-40(19)18-22-7-8-24(13-26(22)30(31,32)33)38-29(41)23-12-20(14-35-15-23)5-6-21-16-37-28(34)27-25(21)4-3-9-36-27/h3-4,7-9,12-16,19H,10-11,17-18H2,1-2H3,(H2,34,37)(H,38,41)/t19-/m1/s1. The predicted octanol–water partition coefficient (Wildman–Crippen LogP) is 4.41. The number of carbonyl (C=O) groups is 1. The number of alkyl halides is 3. The number of halogens is 3. The lowest BCUT2D eigenvalue weighted by atomic mass is 10.0. The number of nitrogen functional groups attached to an aromatic ring is 1. The maximum absolute atomic E-state index is 14.0. The summed E-state index contributed by atoms with van der Waals surface area (Å²) in [5.74, 6) is 5.66. The smallest absolute Gasteiger partial charge is 0.382 e. The minimum absolute atomic E-state index is 0.0425. The third kappa shape index (κ3) is 6.45. The average Bonchev–Trinajstić information content (AvgIpc) is 2.94. The van der Waals surface area contributed by atoms with Crippen LogP contribution < -0.4 is 11.1 Å². The van der Waals surface area contributed by atoms with Gasteiger partial charge in [-0.1, -0.05) is 17.9 Å². The number of benzene rings is 1. The van der Waals surface area contributed by atoms with Crippen molar-refractivity contribution in [3.05, 3.63) is 89.0 Å². The quantitative estimate of drug-likeness (QED) is 0.357. The second-order valence-electron chi connectivity index (χ2n) is 10.1. The summed E-state index contributed by atoms with van der Waals surface area (Å²) in [6, 6.07) is 9.16. The van der Waals surface area contributed by atoms with E-state index in [1.165, 1.54) is 30.6 Å². The van der Waals surface area contributed by atoms with Crippen LogP contribution in [-0.4, -0.2) is 63.4 Å². The zero-order chi connectivity index (χ0) is 29.1. The van der Waals surface area contributed by atoms with Crippen molar-refractivity contribution in [1.29, 1.82) is 0 Å². The topological polar surface area (TPSA) is 100 Å². The number of amides is 1. The van der Waals surface area contributed by atoms with Gasteiger partial charge in [0.2, 0.25) is 0 Å². The summed E-state index contributed by atoms with van der Waals surface area (Å²) in [7, 11) is 2.00. The number of hydrogen-bond donors (Lipinski definition) is 2. The Labute approximate surface area is 235 Å². The van der Waals surface area contributed by atoms with Gasteiger partial charge in [0, 0.05) is 73.6 Å². The van der Waals surface area contributed by atoms with Crippen molar-refractivity contribution in [2.75, 3.05) is 37.7 Å². The summed E-state index contributed by atoms with van der Waals surface area (Å²) >= 11 is 0. The molecule has 5 rings (SSSR count). The molecule has 0 radical (unpaired) electrons. The third-order valence-electron chi connectivity index (χ3n) is 7.03. The van der Waals surface area contributed by atoms with Gasteiger partial charge in [-0.05, 0) is 49.9 Å². The summed E-state index contributed by atoms with van der Waals surface area (Å²) in [6.45, 7) is 4.45. The van der Waals surface area contributed by atoms with Crippen molar-refractivity contribution in [1.82, 2.24) is 24.8 Å². The number of carbonyl (C=O) groups excluding carboxylic acids is 1. The molecule has 1 aliphatic rings. The number of nitrogens with one attached hydrogen (secondary N) is 1. The molecule has 210 valence electrons. The molecule has 8 nitrogen and oxygen atoms in total. The van der Waals surface area contributed by atoms with Crippen LogP contribution in [-0.2, 0) is 12.7 Å². The lowest BCUT2D eigenvalue weighted by Gasteiger charge is -2.38. The SMILES string of the molecule is C[C@@H]1CN(C)CCN1Cc1ccc(NC(=O)c2cncc(C#Cc3cnc(N)c4ncccc34)c2)cc1C(F)(F)F. The molecule has 3 aromatic heterocycles. The van der Waals surface area contributed by atoms with E-state index < -0.39 is 17.6 Å². The highest BCUT2D eigenvalue weighted by Gasteiger charge is 2.35. The summed E-state index contributed by atoms with van der Waals surface area (Å²) in [5.41, 5.74) is 7.08. The molecule has 4 aromatic rings. The molecule has 0 bridgehead atoms. The van der Waals surface area contributed by atoms with E-state index in [0.717, 1.165) is 24.5 Å². The van der Waals surface area contributed by atoms with Crippen LogP contribution in [0.3, 0.4) is 0 Å². The summed E-state index contributed by atoms with van der Waals surface area (Å²) in [5, 5.41) is 3.30. The molecule has 4 heterocycles. The molecular formula is C30H28F3N7O. The van der Waals surface area contributed by atoms with Gasteiger partial charge in [0.05, 0.1) is 16.7 Å². The average molecular weight is 560 g/mol. The Balaban J connectivity index is 1.35. The Morgan fingerprint density at radius 2 is 1.95 bits per heavy atom. The Hall–Kier alpha value is -4.53. The summed E-state index contributed by atoms with van der Waals surface area (Å²) < 4.78 is 42.1. The van der Waals surface area contributed by atoms with Crippen LogP contribution >= 0.6 is 0 Å². The highest BCUT2D eigenvalue weighted by atomic mass is 19.4. The van der Waals surface area contributed by atoms with Crippen molar-refractivity contribution in [2.45, 2.75) is 25.7 Å². The number of likely N-dealkylation sites (N-methyl/N-ethyl adjacent to an activating group) is 1. The monoisotopic (exact) mass is 559 g/mol. The first-order valence-electron chi connectivity index (χ1n) is 13.0. The molecule has 1 fully saturated rings. The van der Waals surface area contributed by atoms with Gasteiger partial charge in [0.1, 0.15) is 11.3 Å². The van der Waals surface area contributed by atoms with E-state index in [4.69, 9.17) is 5.73 Å². The Bertz CT molecular complexity index is 1660. The lowest BCUT2D eigenvalue weighted by Crippen LogP contribution is -2.49. The van der Waals surface area contributed by atoms with E-state index in [0.29, 0.717) is 29.0 Å². The number of anilines is 2. The fourth-order valence-electron chi connectivity index (χ4n) is 4.85. The van der Waals surface area contributed by atoms with Gasteiger partial charge >= 0.3 is 6.18 Å². The molecule has 41 heavy (non-hydrogen) atoms. The maximum Gasteiger partial charge on any atom is 0.416 e. The molecule has 11 heteroatoms. The van der Waals surface area contributed by atoms with Crippen LogP contribution in [0.1, 0.15) is 39.5 Å². The van der Waals surface area contributed by atoms with Crippen LogP contribution in [0.15, 0.2) is 61.2 Å². The van der Waals surface area contributed by atoms with Crippen molar-refractivity contribution in [3.8, 4) is 11.8 Å². The number of pyridine rings is 3. The van der Waals surface area contributed by atoms with E-state index in [1.54, 1.807) is 18.5 Å². The Morgan fingerprint density at radius 3 is 2.73 bits per heavy atom. The first kappa shape index (κ1) is 28.0. The van der Waals surface area contributed by atoms with E-state index in [1.807, 2.05) is 24.9 Å². The minimum Gasteiger partial charge on any atom is -0.382 e. The van der Waals surface area contributed by atoms with Gasteiger partial charge in [-0.25, -0.2) is 4.98 Å². The molecular weight excluding hydrogens is 531 g/mol. The van der Waals surface area contributed by atoms with Gasteiger partial charge in [-0.3, -0.25) is 19.7 Å². The van der Waals surface area contributed by atoms with Gasteiger partial charge in [0.15, 0.2) is 0 Å². The minimum atomic E-state index is -4.57. The fraction of sp³-hybridized carbons (Fsp3) is 0.267. The molecule has 0 aliphatic carbocycles. The molecule has 1 aliphatic heterocycles. The zero-order valence-corrected chi connectivity index (χ0v) is 22.5. The van der Waals surface area contributed by atoms with Crippen LogP contribution in [0.5, 0.6) is 0 Å². The van der Waals surface area contributed by atoms with Crippen LogP contribution in [0.4, 0.5) is 24.7 Å². The van der Waals surface area contributed by atoms with Crippen LogP contribution in [0.25, 0.3) is 10.9 Å². The predicted molar refractivity (Wildman–Crippen MR) is 151 cm³/mol. The number of rotatable bonds is 4. The van der Waals surface area contributed by atoms with E-state index in [9.17, 15) is 18.0 Å². The third-order valence-corrected chi connectivity index (χ3v) is 7.03. The van der Waals surface area contributed by atoms with Gasteiger partial charge in [-0.2, -0.15) is 13.2 Å². The fourth-order valence-corrected chi connectivity index (χ4v) is 4.85. The van der Waals surface area contributed by atoms with Crippen molar-refractivity contribution in [3.63, 3.8) is 0 Å². The molecule has 3 N–H and O–H groups in total. The van der Waals surface area contributed by atoms with Crippen molar-refractivity contribution >= 4 is 28.3 Å². The van der Waals surface area contributed by atoms with Gasteiger partial charge in [-0.15, -0.1) is 0 Å². The molecule has 0 spiro atoms. The number of piperazine rings is 1. The summed E-state index contributed by atoms with van der Waals surface area (Å²) in [4.78, 5) is 29.6. The largest absolute Gasteiger partial charge is 0.416 e. The normalized spacial score (nSPS) is 16.3. The molecule has 0 unspecified atom stereocenters. The highest BCUT2D eigenvalue weighted by Crippen LogP contribution is 2.35. The first-order chi connectivity index (χ1) is 19.6. The summed E-state index contributed by atoms with van der Waals surface area (Å²) in [6.07, 6.45) is 1.41. The molecule has 1 saturated heterocycles. The Morgan fingerprint density at radius 1 is 1.12 bits per heavy atom. The maximum atomic E-state index is 14.0. The molecule has 0 saturated carbocycles. The number of fused-ring (bicyclic) bond motifs is 1. The number of hydrogen-bond acceptors (Lipinski definition) is 7. The second kappa shape index (κ2) is 11.5. The van der Waals surface area contributed by atoms with E-state index >= 15 is 0 Å². The van der Waals surface area contributed by atoms with E-state index in [-0.39, 0.29) is 29.4 Å². The zero-order valence-electron chi connectivity index (χ0n) is 22.5. The number of nitrogens with two attached hydrogens (primary N) is 1. The van der Waals surface area contributed by atoms with Crippen molar-refractivity contribution in [2.24, 2.45) is 0 Å². The highest BCUT2D eigenvalue weighted by molar-refractivity contribution is 6.04. The van der Waals surface area contributed by atoms with Crippen molar-refractivity contribution < 1.29 is 18.0 Å². The van der Waals surface area contributed by atoms with E-state index in [2.05, 4.69) is 37.0 Å². The molecule has 1 atom stereocenters. The van der Waals surface area contributed by atoms with Crippen LogP contribution in [0, 0.1) is 11.8 Å². The van der Waals surface area contributed by atoms with Gasteiger partial charge in [0.25, 0.3) is 5.91 Å². The molecule has 1 aromatic carbocycles. The first-order valence-corrected chi connectivity index (χ1v) is 13.0. The number of aromatic nitrogens is 3. The lowest BCUT2D eigenvalue weighted by molar-refractivity contribution is -0.138. The second-order valence-corrected chi connectivity index (χ2v) is 10.1. The van der Waals surface area contributed by atoms with Gasteiger partial charge < -0.3 is 16.0 Å². The Kier molecular flexibility index (Phi) is 7.88. The molecule has 1 amide bonds. The number of nitrogens with zero attached hydrogens (tertiary/aromatic N) is 5.